The molecule has 1 aliphatic heterocycles. The van der Waals surface area contributed by atoms with E-state index in [1.807, 2.05) is 35.0 Å². The number of carbonyl (C=O) groups is 1. The minimum absolute atomic E-state index is 0.0898. The molecule has 1 saturated carbocycles. The number of para-hydroxylation sites is 1. The van der Waals surface area contributed by atoms with E-state index in [1.165, 1.54) is 32.1 Å². The molecule has 0 radical (unpaired) electrons. The molecule has 1 aliphatic carbocycles. The van der Waals surface area contributed by atoms with Crippen LogP contribution in [0, 0.1) is 5.92 Å². The first-order chi connectivity index (χ1) is 12.8. The lowest BCUT2D eigenvalue weighted by Crippen LogP contribution is -2.17. The van der Waals surface area contributed by atoms with Crippen LogP contribution in [0.3, 0.4) is 0 Å². The molecule has 2 aromatic rings. The molecule has 5 heteroatoms. The molecular formula is C21H28N4O. The SMILES string of the molecule is O=C(CCC1CCNC1)Nc1cc(C2CCCC2)nn1-c1ccccc1. The van der Waals surface area contributed by atoms with E-state index in [0.717, 1.165) is 36.7 Å². The Morgan fingerprint density at radius 1 is 1.19 bits per heavy atom. The highest BCUT2D eigenvalue weighted by molar-refractivity contribution is 5.90. The Hall–Kier alpha value is -2.14. The fourth-order valence-corrected chi connectivity index (χ4v) is 4.18. The highest BCUT2D eigenvalue weighted by Gasteiger charge is 2.23. The maximum Gasteiger partial charge on any atom is 0.225 e. The van der Waals surface area contributed by atoms with Crippen molar-refractivity contribution in [3.63, 3.8) is 0 Å². The third kappa shape index (κ3) is 3.98. The van der Waals surface area contributed by atoms with E-state index in [1.54, 1.807) is 0 Å². The van der Waals surface area contributed by atoms with E-state index in [-0.39, 0.29) is 5.91 Å². The zero-order chi connectivity index (χ0) is 17.8. The summed E-state index contributed by atoms with van der Waals surface area (Å²) < 4.78 is 1.89. The van der Waals surface area contributed by atoms with Crippen LogP contribution >= 0.6 is 0 Å². The number of hydrogen-bond acceptors (Lipinski definition) is 3. The van der Waals surface area contributed by atoms with E-state index < -0.39 is 0 Å². The minimum Gasteiger partial charge on any atom is -0.316 e. The predicted octanol–water partition coefficient (Wildman–Crippen LogP) is 3.86. The van der Waals surface area contributed by atoms with Gasteiger partial charge in [-0.1, -0.05) is 31.0 Å². The van der Waals surface area contributed by atoms with Crippen molar-refractivity contribution in [3.05, 3.63) is 42.1 Å². The number of anilines is 1. The van der Waals surface area contributed by atoms with Gasteiger partial charge in [0, 0.05) is 18.4 Å². The first kappa shape index (κ1) is 17.3. The Balaban J connectivity index is 1.50. The number of hydrogen-bond donors (Lipinski definition) is 2. The first-order valence-corrected chi connectivity index (χ1v) is 9.95. The molecule has 5 nitrogen and oxygen atoms in total. The topological polar surface area (TPSA) is 59.0 Å². The van der Waals surface area contributed by atoms with E-state index in [2.05, 4.69) is 16.7 Å². The molecule has 1 saturated heterocycles. The van der Waals surface area contributed by atoms with Gasteiger partial charge in [0.15, 0.2) is 0 Å². The number of benzene rings is 1. The van der Waals surface area contributed by atoms with Gasteiger partial charge in [0.2, 0.25) is 5.91 Å². The summed E-state index contributed by atoms with van der Waals surface area (Å²) in [5.41, 5.74) is 2.11. The van der Waals surface area contributed by atoms with Gasteiger partial charge in [0.05, 0.1) is 11.4 Å². The summed E-state index contributed by atoms with van der Waals surface area (Å²) in [6, 6.07) is 12.2. The van der Waals surface area contributed by atoms with Crippen LogP contribution in [-0.2, 0) is 4.79 Å². The van der Waals surface area contributed by atoms with Gasteiger partial charge in [0.1, 0.15) is 5.82 Å². The van der Waals surface area contributed by atoms with E-state index in [9.17, 15) is 4.79 Å². The molecule has 2 fully saturated rings. The van der Waals surface area contributed by atoms with Crippen LogP contribution in [0.25, 0.3) is 5.69 Å². The van der Waals surface area contributed by atoms with Gasteiger partial charge >= 0.3 is 0 Å². The zero-order valence-electron chi connectivity index (χ0n) is 15.3. The zero-order valence-corrected chi connectivity index (χ0v) is 15.3. The standard InChI is InChI=1S/C21H28N4O/c26-21(11-10-16-12-13-22-15-16)23-20-14-19(17-6-4-5-7-17)24-25(20)18-8-2-1-3-9-18/h1-3,8-9,14,16-17,22H,4-7,10-13,15H2,(H,23,26). The van der Waals surface area contributed by atoms with Crippen molar-refractivity contribution < 1.29 is 4.79 Å². The normalized spacial score (nSPS) is 20.5. The van der Waals surface area contributed by atoms with Gasteiger partial charge < -0.3 is 10.6 Å². The lowest BCUT2D eigenvalue weighted by Gasteiger charge is -2.10. The fourth-order valence-electron chi connectivity index (χ4n) is 4.18. The Labute approximate surface area is 155 Å². The van der Waals surface area contributed by atoms with Crippen LogP contribution in [0.15, 0.2) is 36.4 Å². The molecular weight excluding hydrogens is 324 g/mol. The van der Waals surface area contributed by atoms with Gasteiger partial charge in [0.25, 0.3) is 0 Å². The summed E-state index contributed by atoms with van der Waals surface area (Å²) in [5, 5.41) is 11.3. The van der Waals surface area contributed by atoms with E-state index in [4.69, 9.17) is 5.10 Å². The largest absolute Gasteiger partial charge is 0.316 e. The average Bonchev–Trinajstić information content (AvgIpc) is 3.42. The van der Waals surface area contributed by atoms with Crippen molar-refractivity contribution >= 4 is 11.7 Å². The molecule has 1 atom stereocenters. The molecule has 138 valence electrons. The molecule has 2 heterocycles. The highest BCUT2D eigenvalue weighted by atomic mass is 16.1. The molecule has 2 N–H and O–H groups in total. The number of rotatable bonds is 6. The van der Waals surface area contributed by atoms with Crippen molar-refractivity contribution in [1.82, 2.24) is 15.1 Å². The summed E-state index contributed by atoms with van der Waals surface area (Å²) in [5.74, 6) is 2.05. The molecule has 0 spiro atoms. The molecule has 0 bridgehead atoms. The molecule has 1 aromatic heterocycles. The monoisotopic (exact) mass is 352 g/mol. The third-order valence-corrected chi connectivity index (χ3v) is 5.71. The first-order valence-electron chi connectivity index (χ1n) is 9.95. The maximum atomic E-state index is 12.5. The van der Waals surface area contributed by atoms with Crippen molar-refractivity contribution in [2.24, 2.45) is 5.92 Å². The second-order valence-electron chi connectivity index (χ2n) is 7.63. The van der Waals surface area contributed by atoms with Crippen LogP contribution in [0.5, 0.6) is 0 Å². The molecule has 2 aliphatic rings. The van der Waals surface area contributed by atoms with E-state index >= 15 is 0 Å². The molecule has 1 aromatic carbocycles. The van der Waals surface area contributed by atoms with Crippen LogP contribution < -0.4 is 10.6 Å². The van der Waals surface area contributed by atoms with Gasteiger partial charge in [-0.2, -0.15) is 5.10 Å². The molecule has 1 amide bonds. The summed E-state index contributed by atoms with van der Waals surface area (Å²) in [6.45, 7) is 2.12. The van der Waals surface area contributed by atoms with Crippen LogP contribution in [0.4, 0.5) is 5.82 Å². The van der Waals surface area contributed by atoms with Crippen LogP contribution in [0.1, 0.15) is 56.6 Å². The van der Waals surface area contributed by atoms with Crippen molar-refractivity contribution in [2.75, 3.05) is 18.4 Å². The maximum absolute atomic E-state index is 12.5. The molecule has 1 unspecified atom stereocenters. The lowest BCUT2D eigenvalue weighted by molar-refractivity contribution is -0.116. The number of aromatic nitrogens is 2. The van der Waals surface area contributed by atoms with Crippen LogP contribution in [-0.4, -0.2) is 28.8 Å². The van der Waals surface area contributed by atoms with E-state index in [0.29, 0.717) is 18.3 Å². The second kappa shape index (κ2) is 8.04. The summed E-state index contributed by atoms with van der Waals surface area (Å²) in [6.07, 6.45) is 7.67. The van der Waals surface area contributed by atoms with Crippen molar-refractivity contribution in [2.45, 2.75) is 50.9 Å². The molecule has 26 heavy (non-hydrogen) atoms. The van der Waals surface area contributed by atoms with Gasteiger partial charge in [-0.3, -0.25) is 4.79 Å². The predicted molar refractivity (Wildman–Crippen MR) is 104 cm³/mol. The lowest BCUT2D eigenvalue weighted by atomic mass is 10.0. The highest BCUT2D eigenvalue weighted by Crippen LogP contribution is 2.35. The number of nitrogens with zero attached hydrogens (tertiary/aromatic N) is 2. The quantitative estimate of drug-likeness (QED) is 0.830. The van der Waals surface area contributed by atoms with Crippen molar-refractivity contribution in [1.29, 1.82) is 0 Å². The summed E-state index contributed by atoms with van der Waals surface area (Å²) >= 11 is 0. The Morgan fingerprint density at radius 3 is 2.73 bits per heavy atom. The fraction of sp³-hybridized carbons (Fsp3) is 0.524. The van der Waals surface area contributed by atoms with Gasteiger partial charge in [-0.25, -0.2) is 4.68 Å². The summed E-state index contributed by atoms with van der Waals surface area (Å²) in [4.78, 5) is 12.5. The molecule has 4 rings (SSSR count). The van der Waals surface area contributed by atoms with Crippen molar-refractivity contribution in [3.8, 4) is 5.69 Å². The van der Waals surface area contributed by atoms with Crippen LogP contribution in [0.2, 0.25) is 0 Å². The minimum atomic E-state index is 0.0898. The third-order valence-electron chi connectivity index (χ3n) is 5.71. The summed E-state index contributed by atoms with van der Waals surface area (Å²) in [7, 11) is 0. The average molecular weight is 352 g/mol. The Morgan fingerprint density at radius 2 is 2.00 bits per heavy atom. The number of nitrogens with one attached hydrogen (secondary N) is 2. The number of amides is 1. The number of carbonyl (C=O) groups excluding carboxylic acids is 1. The Bertz CT molecular complexity index is 728. The second-order valence-corrected chi connectivity index (χ2v) is 7.63. The smallest absolute Gasteiger partial charge is 0.225 e. The van der Waals surface area contributed by atoms with Gasteiger partial charge in [-0.05, 0) is 56.8 Å². The van der Waals surface area contributed by atoms with Gasteiger partial charge in [-0.15, -0.1) is 0 Å². The Kier molecular flexibility index (Phi) is 5.34.